The van der Waals surface area contributed by atoms with Gasteiger partial charge in [-0.15, -0.1) is 0 Å². The lowest BCUT2D eigenvalue weighted by Crippen LogP contribution is -2.41. The van der Waals surface area contributed by atoms with Crippen LogP contribution in [-0.2, 0) is 0 Å². The van der Waals surface area contributed by atoms with Gasteiger partial charge in [-0.05, 0) is 38.8 Å². The molecule has 0 radical (unpaired) electrons. The minimum atomic E-state index is -2.58. The van der Waals surface area contributed by atoms with Gasteiger partial charge in [-0.3, -0.25) is 9.80 Å². The Labute approximate surface area is 135 Å². The van der Waals surface area contributed by atoms with E-state index in [2.05, 4.69) is 4.90 Å². The third-order valence-electron chi connectivity index (χ3n) is 6.10. The Morgan fingerprint density at radius 2 is 1.57 bits per heavy atom. The lowest BCUT2D eigenvalue weighted by molar-refractivity contribution is 0.00767. The Hall–Kier alpha value is -0.370. The number of rotatable bonds is 2. The fourth-order valence-electron chi connectivity index (χ4n) is 4.96. The number of aliphatic hydroxyl groups is 2. The van der Waals surface area contributed by atoms with Crippen LogP contribution in [0.25, 0.3) is 0 Å². The molecule has 4 saturated heterocycles. The Bertz CT molecular complexity index is 440. The standard InChI is InChI=1S/C8H13F2NO.C8H14FNO/c9-8(10)4-7(6-12)2-1-3-11(7)5-8;9-7-4-8(6-11)2-1-3-10(8)5-7/h12H,1-6H2;7,11H,1-6H2. The highest BCUT2D eigenvalue weighted by Gasteiger charge is 2.56. The van der Waals surface area contributed by atoms with Crippen LogP contribution in [-0.4, -0.2) is 82.6 Å². The van der Waals surface area contributed by atoms with Gasteiger partial charge in [0, 0.05) is 24.9 Å². The molecule has 0 spiro atoms. The molecule has 3 atom stereocenters. The second kappa shape index (κ2) is 6.17. The number of alkyl halides is 3. The molecule has 23 heavy (non-hydrogen) atoms. The number of nitrogens with zero attached hydrogens (tertiary/aromatic N) is 2. The van der Waals surface area contributed by atoms with Crippen LogP contribution in [0.15, 0.2) is 0 Å². The van der Waals surface area contributed by atoms with Crippen molar-refractivity contribution in [1.82, 2.24) is 9.80 Å². The molecule has 4 aliphatic heterocycles. The summed E-state index contributed by atoms with van der Waals surface area (Å²) >= 11 is 0. The SMILES string of the molecule is OCC12CCCN1CC(F)(F)C2.OCC12CCCN1CC(F)C2. The lowest BCUT2D eigenvalue weighted by Gasteiger charge is -2.28. The van der Waals surface area contributed by atoms with E-state index in [4.69, 9.17) is 10.2 Å². The van der Waals surface area contributed by atoms with Crippen LogP contribution < -0.4 is 0 Å². The van der Waals surface area contributed by atoms with Crippen LogP contribution in [0.3, 0.4) is 0 Å². The van der Waals surface area contributed by atoms with Crippen LogP contribution in [0.5, 0.6) is 0 Å². The van der Waals surface area contributed by atoms with E-state index in [1.807, 2.05) is 0 Å². The van der Waals surface area contributed by atoms with E-state index in [9.17, 15) is 13.2 Å². The number of aliphatic hydroxyl groups excluding tert-OH is 2. The van der Waals surface area contributed by atoms with Crippen molar-refractivity contribution in [3.63, 3.8) is 0 Å². The molecule has 134 valence electrons. The predicted molar refractivity (Wildman–Crippen MR) is 80.3 cm³/mol. The van der Waals surface area contributed by atoms with E-state index < -0.39 is 17.6 Å². The number of fused-ring (bicyclic) bond motifs is 2. The Kier molecular flexibility index (Phi) is 4.68. The first-order chi connectivity index (χ1) is 10.8. The van der Waals surface area contributed by atoms with Crippen molar-refractivity contribution in [2.45, 2.75) is 61.7 Å². The zero-order valence-electron chi connectivity index (χ0n) is 13.5. The molecular weight excluding hydrogens is 309 g/mol. The summed E-state index contributed by atoms with van der Waals surface area (Å²) in [5.41, 5.74) is -0.747. The fourth-order valence-corrected chi connectivity index (χ4v) is 4.96. The summed E-state index contributed by atoms with van der Waals surface area (Å²) in [5, 5.41) is 18.2. The monoisotopic (exact) mass is 336 g/mol. The summed E-state index contributed by atoms with van der Waals surface area (Å²) in [6, 6.07) is 0. The maximum absolute atomic E-state index is 12.9. The van der Waals surface area contributed by atoms with Crippen molar-refractivity contribution in [3.8, 4) is 0 Å². The van der Waals surface area contributed by atoms with Gasteiger partial charge in [-0.2, -0.15) is 0 Å². The highest BCUT2D eigenvalue weighted by molar-refractivity contribution is 5.06. The summed E-state index contributed by atoms with van der Waals surface area (Å²) in [7, 11) is 0. The van der Waals surface area contributed by atoms with Crippen LogP contribution in [0.4, 0.5) is 13.2 Å². The molecule has 0 amide bonds. The molecule has 2 N–H and O–H groups in total. The third-order valence-corrected chi connectivity index (χ3v) is 6.10. The van der Waals surface area contributed by atoms with Crippen LogP contribution in [0.2, 0.25) is 0 Å². The van der Waals surface area contributed by atoms with E-state index in [1.54, 1.807) is 4.90 Å². The van der Waals surface area contributed by atoms with Crippen molar-refractivity contribution in [3.05, 3.63) is 0 Å². The molecule has 0 aliphatic carbocycles. The molecule has 4 aliphatic rings. The van der Waals surface area contributed by atoms with Gasteiger partial charge >= 0.3 is 0 Å². The summed E-state index contributed by atoms with van der Waals surface area (Å²) in [6.45, 7) is 2.08. The molecule has 0 saturated carbocycles. The van der Waals surface area contributed by atoms with Crippen LogP contribution >= 0.6 is 0 Å². The molecule has 4 rings (SSSR count). The minimum absolute atomic E-state index is 0.122. The normalized spacial score (nSPS) is 42.4. The number of hydrogen-bond acceptors (Lipinski definition) is 4. The molecule has 0 aromatic carbocycles. The summed E-state index contributed by atoms with van der Waals surface area (Å²) in [6.07, 6.45) is 3.44. The first kappa shape index (κ1) is 17.5. The summed E-state index contributed by atoms with van der Waals surface area (Å²) in [5.74, 6) is -2.58. The molecule has 7 heteroatoms. The second-order valence-electron chi connectivity index (χ2n) is 7.67. The summed E-state index contributed by atoms with van der Waals surface area (Å²) in [4.78, 5) is 3.85. The van der Waals surface area contributed by atoms with Crippen LogP contribution in [0, 0.1) is 0 Å². The smallest absolute Gasteiger partial charge is 0.262 e. The van der Waals surface area contributed by atoms with E-state index in [1.165, 1.54) is 0 Å². The third kappa shape index (κ3) is 3.13. The van der Waals surface area contributed by atoms with Gasteiger partial charge in [-0.25, -0.2) is 13.2 Å². The molecule has 4 nitrogen and oxygen atoms in total. The number of hydrogen-bond donors (Lipinski definition) is 2. The predicted octanol–water partition coefficient (Wildman–Crippen LogP) is 1.41. The van der Waals surface area contributed by atoms with Crippen molar-refractivity contribution in [2.75, 3.05) is 39.4 Å². The highest BCUT2D eigenvalue weighted by Crippen LogP contribution is 2.45. The zero-order valence-corrected chi connectivity index (χ0v) is 13.5. The average molecular weight is 336 g/mol. The first-order valence-corrected chi connectivity index (χ1v) is 8.59. The van der Waals surface area contributed by atoms with Crippen molar-refractivity contribution < 1.29 is 23.4 Å². The van der Waals surface area contributed by atoms with E-state index in [-0.39, 0.29) is 31.7 Å². The highest BCUT2D eigenvalue weighted by atomic mass is 19.3. The molecular formula is C16H27F3N2O2. The zero-order chi connectivity index (χ0) is 16.7. The van der Waals surface area contributed by atoms with Crippen LogP contribution in [0.1, 0.15) is 38.5 Å². The van der Waals surface area contributed by atoms with E-state index in [0.717, 1.165) is 38.8 Å². The summed E-state index contributed by atoms with van der Waals surface area (Å²) < 4.78 is 38.8. The maximum Gasteiger partial charge on any atom is 0.262 e. The fraction of sp³-hybridized carbons (Fsp3) is 1.00. The van der Waals surface area contributed by atoms with Gasteiger partial charge in [0.05, 0.1) is 25.3 Å². The van der Waals surface area contributed by atoms with Crippen molar-refractivity contribution in [1.29, 1.82) is 0 Å². The van der Waals surface area contributed by atoms with Gasteiger partial charge in [-0.1, -0.05) is 0 Å². The minimum Gasteiger partial charge on any atom is -0.394 e. The number of halogens is 3. The molecule has 0 aromatic heterocycles. The Morgan fingerprint density at radius 1 is 0.957 bits per heavy atom. The molecule has 0 bridgehead atoms. The first-order valence-electron chi connectivity index (χ1n) is 8.59. The van der Waals surface area contributed by atoms with Crippen molar-refractivity contribution >= 4 is 0 Å². The van der Waals surface area contributed by atoms with E-state index >= 15 is 0 Å². The maximum atomic E-state index is 12.9. The van der Waals surface area contributed by atoms with Gasteiger partial charge in [0.25, 0.3) is 5.92 Å². The Balaban J connectivity index is 0.000000136. The van der Waals surface area contributed by atoms with Gasteiger partial charge in [0.15, 0.2) is 0 Å². The van der Waals surface area contributed by atoms with Gasteiger partial charge in [0.1, 0.15) is 6.17 Å². The van der Waals surface area contributed by atoms with E-state index in [0.29, 0.717) is 13.0 Å². The average Bonchev–Trinajstić information content (AvgIpc) is 3.16. The second-order valence-corrected chi connectivity index (χ2v) is 7.67. The molecule has 4 heterocycles. The largest absolute Gasteiger partial charge is 0.394 e. The molecule has 0 aromatic rings. The molecule has 4 fully saturated rings. The lowest BCUT2D eigenvalue weighted by atomic mass is 9.94. The molecule has 3 unspecified atom stereocenters. The van der Waals surface area contributed by atoms with Gasteiger partial charge < -0.3 is 10.2 Å². The quantitative estimate of drug-likeness (QED) is 0.800. The Morgan fingerprint density at radius 3 is 2.13 bits per heavy atom. The van der Waals surface area contributed by atoms with Gasteiger partial charge in [0.2, 0.25) is 0 Å². The topological polar surface area (TPSA) is 46.9 Å². The van der Waals surface area contributed by atoms with Crippen molar-refractivity contribution in [2.24, 2.45) is 0 Å².